The number of rotatable bonds is 5. The lowest BCUT2D eigenvalue weighted by Gasteiger charge is -1.93. The molecule has 0 bridgehead atoms. The smallest absolute Gasteiger partial charge is 0.276 e. The van der Waals surface area contributed by atoms with E-state index in [-0.39, 0.29) is 0 Å². The Morgan fingerprint density at radius 3 is 2.94 bits per heavy atom. The Morgan fingerprint density at radius 1 is 1.47 bits per heavy atom. The van der Waals surface area contributed by atoms with Crippen molar-refractivity contribution >= 4 is 0 Å². The summed E-state index contributed by atoms with van der Waals surface area (Å²) in [5, 5.41) is 11.3. The number of hydrogen-bond acceptors (Lipinski definition) is 5. The zero-order valence-electron chi connectivity index (χ0n) is 10.4. The van der Waals surface area contributed by atoms with Crippen LogP contribution in [-0.2, 0) is 19.9 Å². The summed E-state index contributed by atoms with van der Waals surface area (Å²) in [6.45, 7) is 2.91. The molecular weight excluding hydrogens is 218 g/mol. The maximum atomic E-state index is 5.24. The Balaban J connectivity index is 2.20. The second-order valence-corrected chi connectivity index (χ2v) is 3.87. The molecule has 2 aromatic rings. The lowest BCUT2D eigenvalue weighted by Crippen LogP contribution is -2.11. The summed E-state index contributed by atoms with van der Waals surface area (Å²) in [6, 6.07) is 1.98. The molecule has 0 unspecified atom stereocenters. The molecule has 0 saturated heterocycles. The maximum Gasteiger partial charge on any atom is 0.276 e. The van der Waals surface area contributed by atoms with Crippen molar-refractivity contribution < 1.29 is 4.52 Å². The summed E-state index contributed by atoms with van der Waals surface area (Å²) in [5.74, 6) is 1.25. The molecule has 2 heterocycles. The van der Waals surface area contributed by atoms with Crippen molar-refractivity contribution in [2.45, 2.75) is 19.8 Å². The largest absolute Gasteiger partial charge is 0.332 e. The van der Waals surface area contributed by atoms with Gasteiger partial charge in [0.05, 0.1) is 5.69 Å². The van der Waals surface area contributed by atoms with Crippen LogP contribution in [0.15, 0.2) is 10.6 Å². The van der Waals surface area contributed by atoms with E-state index in [9.17, 15) is 0 Å². The van der Waals surface area contributed by atoms with Crippen LogP contribution in [0.4, 0.5) is 0 Å². The van der Waals surface area contributed by atoms with Crippen LogP contribution >= 0.6 is 0 Å². The SMILES string of the molecule is CCc1cc(-c2nc(CCNC)no2)n(C)n1. The average Bonchev–Trinajstić information content (AvgIpc) is 2.92. The first-order valence-electron chi connectivity index (χ1n) is 5.75. The fourth-order valence-electron chi connectivity index (χ4n) is 1.60. The molecule has 6 nitrogen and oxygen atoms in total. The van der Waals surface area contributed by atoms with Crippen LogP contribution in [0.2, 0.25) is 0 Å². The molecule has 0 atom stereocenters. The third kappa shape index (κ3) is 2.52. The standard InChI is InChI=1S/C11H17N5O/c1-4-8-7-9(16(3)14-8)11-13-10(15-17-11)5-6-12-2/h7,12H,4-6H2,1-3H3. The molecule has 92 valence electrons. The minimum atomic E-state index is 0.533. The molecule has 17 heavy (non-hydrogen) atoms. The van der Waals surface area contributed by atoms with E-state index in [1.165, 1.54) is 0 Å². The van der Waals surface area contributed by atoms with Crippen LogP contribution in [0, 0.1) is 0 Å². The Labute approximate surface area is 100 Å². The van der Waals surface area contributed by atoms with Crippen LogP contribution in [0.25, 0.3) is 11.6 Å². The summed E-state index contributed by atoms with van der Waals surface area (Å²) < 4.78 is 7.01. The number of aryl methyl sites for hydroxylation is 2. The van der Waals surface area contributed by atoms with Crippen molar-refractivity contribution in [3.05, 3.63) is 17.6 Å². The van der Waals surface area contributed by atoms with Crippen LogP contribution in [-0.4, -0.2) is 33.5 Å². The van der Waals surface area contributed by atoms with Crippen LogP contribution < -0.4 is 5.32 Å². The Morgan fingerprint density at radius 2 is 2.29 bits per heavy atom. The first-order valence-corrected chi connectivity index (χ1v) is 5.75. The average molecular weight is 235 g/mol. The molecule has 1 N–H and O–H groups in total. The minimum absolute atomic E-state index is 0.533. The first kappa shape index (κ1) is 11.8. The Hall–Kier alpha value is -1.69. The lowest BCUT2D eigenvalue weighted by atomic mass is 10.3. The van der Waals surface area contributed by atoms with Crippen LogP contribution in [0.1, 0.15) is 18.4 Å². The van der Waals surface area contributed by atoms with Gasteiger partial charge in [-0.3, -0.25) is 4.68 Å². The van der Waals surface area contributed by atoms with Gasteiger partial charge >= 0.3 is 0 Å². The van der Waals surface area contributed by atoms with E-state index in [0.29, 0.717) is 11.7 Å². The highest BCUT2D eigenvalue weighted by atomic mass is 16.5. The first-order chi connectivity index (χ1) is 8.24. The van der Waals surface area contributed by atoms with Gasteiger partial charge in [0.2, 0.25) is 0 Å². The van der Waals surface area contributed by atoms with Crippen molar-refractivity contribution in [3.8, 4) is 11.6 Å². The van der Waals surface area contributed by atoms with Gasteiger partial charge in [0.1, 0.15) is 5.69 Å². The van der Waals surface area contributed by atoms with Gasteiger partial charge in [-0.2, -0.15) is 10.1 Å². The van der Waals surface area contributed by atoms with Gasteiger partial charge in [-0.25, -0.2) is 0 Å². The van der Waals surface area contributed by atoms with Crippen LogP contribution in [0.5, 0.6) is 0 Å². The van der Waals surface area contributed by atoms with Gasteiger partial charge < -0.3 is 9.84 Å². The van der Waals surface area contributed by atoms with Crippen molar-refractivity contribution in [1.82, 2.24) is 25.2 Å². The maximum absolute atomic E-state index is 5.24. The minimum Gasteiger partial charge on any atom is -0.332 e. The fourth-order valence-corrected chi connectivity index (χ4v) is 1.60. The third-order valence-electron chi connectivity index (χ3n) is 2.58. The summed E-state index contributed by atoms with van der Waals surface area (Å²) in [4.78, 5) is 4.35. The van der Waals surface area contributed by atoms with Crippen molar-refractivity contribution in [2.24, 2.45) is 7.05 Å². The molecule has 0 aliphatic rings. The van der Waals surface area contributed by atoms with E-state index in [0.717, 1.165) is 30.8 Å². The van der Waals surface area contributed by atoms with E-state index in [2.05, 4.69) is 27.5 Å². The monoisotopic (exact) mass is 235 g/mol. The topological polar surface area (TPSA) is 68.8 Å². The zero-order valence-corrected chi connectivity index (χ0v) is 10.4. The van der Waals surface area contributed by atoms with Gasteiger partial charge in [0.15, 0.2) is 5.82 Å². The van der Waals surface area contributed by atoms with Gasteiger partial charge in [0, 0.05) is 20.0 Å². The summed E-state index contributed by atoms with van der Waals surface area (Å²) in [7, 11) is 3.78. The van der Waals surface area contributed by atoms with Crippen molar-refractivity contribution in [3.63, 3.8) is 0 Å². The fraction of sp³-hybridized carbons (Fsp3) is 0.545. The highest BCUT2D eigenvalue weighted by Gasteiger charge is 2.13. The molecule has 0 aliphatic carbocycles. The summed E-state index contributed by atoms with van der Waals surface area (Å²) in [5.41, 5.74) is 1.89. The number of aromatic nitrogens is 4. The number of nitrogens with zero attached hydrogens (tertiary/aromatic N) is 4. The molecule has 2 rings (SSSR count). The predicted molar refractivity (Wildman–Crippen MR) is 63.5 cm³/mol. The Bertz CT molecular complexity index is 488. The highest BCUT2D eigenvalue weighted by Crippen LogP contribution is 2.18. The van der Waals surface area contributed by atoms with E-state index >= 15 is 0 Å². The predicted octanol–water partition coefficient (Wildman–Crippen LogP) is 0.794. The van der Waals surface area contributed by atoms with Crippen LogP contribution in [0.3, 0.4) is 0 Å². The highest BCUT2D eigenvalue weighted by molar-refractivity contribution is 5.47. The van der Waals surface area contributed by atoms with Gasteiger partial charge in [-0.1, -0.05) is 12.1 Å². The molecule has 2 aromatic heterocycles. The molecule has 0 aromatic carbocycles. The second-order valence-electron chi connectivity index (χ2n) is 3.87. The van der Waals surface area contributed by atoms with E-state index in [1.54, 1.807) is 4.68 Å². The van der Waals surface area contributed by atoms with Crippen molar-refractivity contribution in [1.29, 1.82) is 0 Å². The normalized spacial score (nSPS) is 11.0. The molecule has 0 fully saturated rings. The number of likely N-dealkylation sites (N-methyl/N-ethyl adjacent to an activating group) is 1. The van der Waals surface area contributed by atoms with Gasteiger partial charge in [0.25, 0.3) is 5.89 Å². The van der Waals surface area contributed by atoms with Gasteiger partial charge in [-0.15, -0.1) is 0 Å². The molecule has 0 aliphatic heterocycles. The van der Waals surface area contributed by atoms with E-state index in [1.807, 2.05) is 20.2 Å². The number of nitrogens with one attached hydrogen (secondary N) is 1. The van der Waals surface area contributed by atoms with E-state index < -0.39 is 0 Å². The second kappa shape index (κ2) is 5.09. The summed E-state index contributed by atoms with van der Waals surface area (Å²) in [6.07, 6.45) is 1.66. The molecule has 0 amide bonds. The van der Waals surface area contributed by atoms with Gasteiger partial charge in [-0.05, 0) is 19.5 Å². The molecular formula is C11H17N5O. The third-order valence-corrected chi connectivity index (χ3v) is 2.58. The molecule has 0 spiro atoms. The zero-order chi connectivity index (χ0) is 12.3. The number of hydrogen-bond donors (Lipinski definition) is 1. The molecule has 0 saturated carbocycles. The summed E-state index contributed by atoms with van der Waals surface area (Å²) >= 11 is 0. The molecule has 0 radical (unpaired) electrons. The molecule has 6 heteroatoms. The lowest BCUT2D eigenvalue weighted by molar-refractivity contribution is 0.418. The Kier molecular flexibility index (Phi) is 3.53. The van der Waals surface area contributed by atoms with E-state index in [4.69, 9.17) is 4.52 Å². The quantitative estimate of drug-likeness (QED) is 0.830. The van der Waals surface area contributed by atoms with Crippen molar-refractivity contribution in [2.75, 3.05) is 13.6 Å².